The molecule has 0 fully saturated rings. The molecule has 1 aromatic heterocycles. The topological polar surface area (TPSA) is 33.4 Å². The summed E-state index contributed by atoms with van der Waals surface area (Å²) in [6.45, 7) is 1.75. The minimum absolute atomic E-state index is 0.470. The molecule has 1 heterocycles. The zero-order valence-electron chi connectivity index (χ0n) is 11.4. The van der Waals surface area contributed by atoms with Gasteiger partial charge in [0.15, 0.2) is 5.58 Å². The van der Waals surface area contributed by atoms with E-state index in [9.17, 15) is 5.11 Å². The van der Waals surface area contributed by atoms with Crippen molar-refractivity contribution in [1.82, 2.24) is 0 Å². The first-order chi connectivity index (χ1) is 9.95. The maximum absolute atomic E-state index is 10.8. The third-order valence-corrected chi connectivity index (χ3v) is 4.31. The van der Waals surface area contributed by atoms with Crippen molar-refractivity contribution >= 4 is 38.5 Å². The fourth-order valence-corrected chi connectivity index (χ4v) is 2.86. The van der Waals surface area contributed by atoms with E-state index in [0.717, 1.165) is 15.4 Å². The van der Waals surface area contributed by atoms with E-state index < -0.39 is 5.60 Å². The number of hydrogen-bond donors (Lipinski definition) is 1. The Bertz CT molecular complexity index is 775. The molecule has 3 rings (SSSR count). The number of furan rings is 1. The number of halogens is 2. The summed E-state index contributed by atoms with van der Waals surface area (Å²) >= 11 is 9.52. The first-order valence-corrected chi connectivity index (χ1v) is 7.78. The standard InChI is InChI=1S/C17H14BrClO2/c1-17(20,10-11-5-7-13(18)8-6-11)15-9-12-3-2-4-14(19)16(12)21-15/h2-9,20H,10H2,1H3. The molecule has 2 nitrogen and oxygen atoms in total. The van der Waals surface area contributed by atoms with Gasteiger partial charge in [-0.25, -0.2) is 0 Å². The molecule has 0 amide bonds. The Labute approximate surface area is 136 Å². The van der Waals surface area contributed by atoms with Gasteiger partial charge in [0.1, 0.15) is 11.4 Å². The van der Waals surface area contributed by atoms with Gasteiger partial charge in [0.25, 0.3) is 0 Å². The molecule has 21 heavy (non-hydrogen) atoms. The van der Waals surface area contributed by atoms with Gasteiger partial charge in [-0.3, -0.25) is 0 Å². The summed E-state index contributed by atoms with van der Waals surface area (Å²) in [7, 11) is 0. The molecule has 1 unspecified atom stereocenters. The minimum atomic E-state index is -1.09. The van der Waals surface area contributed by atoms with Crippen LogP contribution in [-0.2, 0) is 12.0 Å². The molecule has 4 heteroatoms. The first-order valence-electron chi connectivity index (χ1n) is 6.61. The van der Waals surface area contributed by atoms with Crippen LogP contribution in [0.25, 0.3) is 11.0 Å². The van der Waals surface area contributed by atoms with Crippen molar-refractivity contribution in [3.05, 3.63) is 69.3 Å². The van der Waals surface area contributed by atoms with Gasteiger partial charge in [-0.1, -0.05) is 51.8 Å². The van der Waals surface area contributed by atoms with E-state index in [4.69, 9.17) is 16.0 Å². The van der Waals surface area contributed by atoms with Gasteiger partial charge in [0.05, 0.1) is 5.02 Å². The number of fused-ring (bicyclic) bond motifs is 1. The SMILES string of the molecule is CC(O)(Cc1ccc(Br)cc1)c1cc2cccc(Cl)c2o1. The van der Waals surface area contributed by atoms with E-state index in [1.54, 1.807) is 13.0 Å². The Morgan fingerprint density at radius 2 is 1.90 bits per heavy atom. The fourth-order valence-electron chi connectivity index (χ4n) is 2.38. The molecule has 2 aromatic carbocycles. The van der Waals surface area contributed by atoms with Crippen molar-refractivity contribution in [2.45, 2.75) is 18.9 Å². The third kappa shape index (κ3) is 3.00. The molecule has 0 bridgehead atoms. The summed E-state index contributed by atoms with van der Waals surface area (Å²) in [5.41, 5.74) is 0.566. The normalized spacial score (nSPS) is 14.3. The first kappa shape index (κ1) is 14.6. The van der Waals surface area contributed by atoms with E-state index in [1.165, 1.54) is 0 Å². The molecule has 3 aromatic rings. The molecule has 0 saturated heterocycles. The highest BCUT2D eigenvalue weighted by Crippen LogP contribution is 2.33. The average Bonchev–Trinajstić information content (AvgIpc) is 2.88. The van der Waals surface area contributed by atoms with Crippen LogP contribution in [0.4, 0.5) is 0 Å². The summed E-state index contributed by atoms with van der Waals surface area (Å²) in [5.74, 6) is 0.522. The lowest BCUT2D eigenvalue weighted by atomic mass is 9.94. The van der Waals surface area contributed by atoms with Crippen molar-refractivity contribution in [2.24, 2.45) is 0 Å². The summed E-state index contributed by atoms with van der Waals surface area (Å²) < 4.78 is 6.78. The lowest BCUT2D eigenvalue weighted by Gasteiger charge is -2.20. The van der Waals surface area contributed by atoms with Crippen LogP contribution in [0.1, 0.15) is 18.2 Å². The van der Waals surface area contributed by atoms with Crippen molar-refractivity contribution < 1.29 is 9.52 Å². The van der Waals surface area contributed by atoms with E-state index in [-0.39, 0.29) is 0 Å². The largest absolute Gasteiger partial charge is 0.456 e. The summed E-state index contributed by atoms with van der Waals surface area (Å²) in [6.07, 6.45) is 0.470. The molecule has 1 N–H and O–H groups in total. The highest BCUT2D eigenvalue weighted by Gasteiger charge is 2.28. The molecule has 0 saturated carbocycles. The van der Waals surface area contributed by atoms with Crippen LogP contribution < -0.4 is 0 Å². The predicted octanol–water partition coefficient (Wildman–Crippen LogP) is 5.30. The van der Waals surface area contributed by atoms with Crippen LogP contribution in [0.5, 0.6) is 0 Å². The number of benzene rings is 2. The fraction of sp³-hybridized carbons (Fsp3) is 0.176. The number of rotatable bonds is 3. The summed E-state index contributed by atoms with van der Waals surface area (Å²) in [4.78, 5) is 0. The number of para-hydroxylation sites is 1. The third-order valence-electron chi connectivity index (χ3n) is 3.49. The maximum Gasteiger partial charge on any atom is 0.153 e. The number of aliphatic hydroxyl groups is 1. The smallest absolute Gasteiger partial charge is 0.153 e. The molecule has 0 aliphatic carbocycles. The molecule has 108 valence electrons. The van der Waals surface area contributed by atoms with Crippen LogP contribution in [0, 0.1) is 0 Å². The van der Waals surface area contributed by atoms with Gasteiger partial charge in [-0.05, 0) is 36.8 Å². The van der Waals surface area contributed by atoms with E-state index in [2.05, 4.69) is 15.9 Å². The summed E-state index contributed by atoms with van der Waals surface area (Å²) in [6, 6.07) is 15.3. The zero-order chi connectivity index (χ0) is 15.0. The highest BCUT2D eigenvalue weighted by atomic mass is 79.9. The Morgan fingerprint density at radius 1 is 1.19 bits per heavy atom. The van der Waals surface area contributed by atoms with E-state index in [1.807, 2.05) is 42.5 Å². The van der Waals surface area contributed by atoms with Crippen molar-refractivity contribution in [1.29, 1.82) is 0 Å². The zero-order valence-corrected chi connectivity index (χ0v) is 13.8. The highest BCUT2D eigenvalue weighted by molar-refractivity contribution is 9.10. The Balaban J connectivity index is 1.95. The van der Waals surface area contributed by atoms with E-state index in [0.29, 0.717) is 22.8 Å². The average molecular weight is 366 g/mol. The molecule has 0 radical (unpaired) electrons. The lowest BCUT2D eigenvalue weighted by Crippen LogP contribution is -2.23. The lowest BCUT2D eigenvalue weighted by molar-refractivity contribution is 0.0360. The monoisotopic (exact) mass is 364 g/mol. The molecule has 0 aliphatic rings. The van der Waals surface area contributed by atoms with Crippen LogP contribution >= 0.6 is 27.5 Å². The van der Waals surface area contributed by atoms with Crippen LogP contribution in [0.15, 0.2) is 57.4 Å². The van der Waals surface area contributed by atoms with Crippen molar-refractivity contribution in [3.63, 3.8) is 0 Å². The second-order valence-electron chi connectivity index (χ2n) is 5.35. The van der Waals surface area contributed by atoms with Crippen LogP contribution in [0.2, 0.25) is 5.02 Å². The van der Waals surface area contributed by atoms with Gasteiger partial charge < -0.3 is 9.52 Å². The second kappa shape index (κ2) is 5.48. The minimum Gasteiger partial charge on any atom is -0.456 e. The quantitative estimate of drug-likeness (QED) is 0.683. The van der Waals surface area contributed by atoms with Crippen molar-refractivity contribution in [3.8, 4) is 0 Å². The Kier molecular flexibility index (Phi) is 3.82. The molecular formula is C17H14BrClO2. The molecule has 1 atom stereocenters. The van der Waals surface area contributed by atoms with Crippen molar-refractivity contribution in [2.75, 3.05) is 0 Å². The van der Waals surface area contributed by atoms with Gasteiger partial charge in [0.2, 0.25) is 0 Å². The second-order valence-corrected chi connectivity index (χ2v) is 6.67. The molecule has 0 aliphatic heterocycles. The van der Waals surface area contributed by atoms with E-state index >= 15 is 0 Å². The predicted molar refractivity (Wildman–Crippen MR) is 88.6 cm³/mol. The van der Waals surface area contributed by atoms with Gasteiger partial charge >= 0.3 is 0 Å². The number of hydrogen-bond acceptors (Lipinski definition) is 2. The van der Waals surface area contributed by atoms with Crippen LogP contribution in [0.3, 0.4) is 0 Å². The summed E-state index contributed by atoms with van der Waals surface area (Å²) in [5, 5.41) is 12.2. The Hall–Kier alpha value is -1.29. The molecule has 0 spiro atoms. The van der Waals surface area contributed by atoms with Gasteiger partial charge in [0, 0.05) is 16.3 Å². The molecular weight excluding hydrogens is 352 g/mol. The maximum atomic E-state index is 10.8. The Morgan fingerprint density at radius 3 is 2.57 bits per heavy atom. The van der Waals surface area contributed by atoms with Gasteiger partial charge in [-0.15, -0.1) is 0 Å². The van der Waals surface area contributed by atoms with Crippen LogP contribution in [-0.4, -0.2) is 5.11 Å². The van der Waals surface area contributed by atoms with Gasteiger partial charge in [-0.2, -0.15) is 0 Å².